The van der Waals surface area contributed by atoms with Gasteiger partial charge in [0.1, 0.15) is 22.3 Å². The number of fused-ring (bicyclic) bond motifs is 15. The molecule has 0 spiro atoms. The van der Waals surface area contributed by atoms with Crippen LogP contribution in [0.15, 0.2) is 154 Å². The molecule has 0 bridgehead atoms. The molecule has 0 aliphatic rings. The van der Waals surface area contributed by atoms with Crippen molar-refractivity contribution in [1.29, 1.82) is 0 Å². The Labute approximate surface area is 261 Å². The molecule has 0 atom stereocenters. The molecule has 0 fully saturated rings. The molecule has 4 nitrogen and oxygen atoms in total. The maximum Gasteiger partial charge on any atom is 0.147 e. The third kappa shape index (κ3) is 2.98. The number of hydrogen-bond acceptors (Lipinski definition) is 2. The zero-order chi connectivity index (χ0) is 29.9. The van der Waals surface area contributed by atoms with Crippen LogP contribution in [0.1, 0.15) is 0 Å². The van der Waals surface area contributed by atoms with E-state index in [1.165, 1.54) is 16.2 Å². The van der Waals surface area contributed by atoms with E-state index in [9.17, 15) is 0 Å². The molecule has 11 rings (SSSR count). The number of furan rings is 2. The van der Waals surface area contributed by atoms with Crippen molar-refractivity contribution in [2.45, 2.75) is 0 Å². The molecule has 4 heterocycles. The van der Waals surface area contributed by atoms with Gasteiger partial charge in [0.25, 0.3) is 0 Å². The van der Waals surface area contributed by atoms with Gasteiger partial charge in [-0.2, -0.15) is 0 Å². The van der Waals surface area contributed by atoms with Crippen molar-refractivity contribution in [3.8, 4) is 11.4 Å². The molecule has 0 saturated carbocycles. The summed E-state index contributed by atoms with van der Waals surface area (Å²) in [5.74, 6) is 0. The van der Waals surface area contributed by atoms with Crippen LogP contribution in [-0.4, -0.2) is 9.13 Å². The zero-order valence-electron chi connectivity index (χ0n) is 24.6. The lowest BCUT2D eigenvalue weighted by molar-refractivity contribution is 0.669. The molecule has 0 N–H and O–H groups in total. The molecule has 7 aromatic carbocycles. The van der Waals surface area contributed by atoms with E-state index in [1.807, 2.05) is 12.1 Å². The second-order valence-electron chi connectivity index (χ2n) is 12.1. The molecular formula is C42H24N2O2. The first-order valence-electron chi connectivity index (χ1n) is 15.6. The van der Waals surface area contributed by atoms with Crippen LogP contribution >= 0.6 is 0 Å². The summed E-state index contributed by atoms with van der Waals surface area (Å²) in [5.41, 5.74) is 10.4. The minimum atomic E-state index is 0.885. The van der Waals surface area contributed by atoms with E-state index in [1.54, 1.807) is 0 Å². The highest BCUT2D eigenvalue weighted by atomic mass is 16.3. The summed E-state index contributed by atoms with van der Waals surface area (Å²) in [6.07, 6.45) is 0. The summed E-state index contributed by atoms with van der Waals surface area (Å²) in [5, 5.41) is 9.18. The van der Waals surface area contributed by atoms with Crippen LogP contribution in [0.4, 0.5) is 0 Å². The number of rotatable bonds is 2. The highest BCUT2D eigenvalue weighted by Crippen LogP contribution is 2.49. The fourth-order valence-electron chi connectivity index (χ4n) is 7.85. The lowest BCUT2D eigenvalue weighted by Gasteiger charge is -2.11. The van der Waals surface area contributed by atoms with Gasteiger partial charge in [0, 0.05) is 43.7 Å². The van der Waals surface area contributed by atoms with Crippen molar-refractivity contribution in [1.82, 2.24) is 9.13 Å². The first-order chi connectivity index (χ1) is 22.8. The second kappa shape index (κ2) is 8.68. The summed E-state index contributed by atoms with van der Waals surface area (Å²) in [4.78, 5) is 0. The van der Waals surface area contributed by atoms with E-state index in [4.69, 9.17) is 8.83 Å². The maximum atomic E-state index is 6.89. The van der Waals surface area contributed by atoms with E-state index >= 15 is 0 Å². The van der Waals surface area contributed by atoms with Crippen molar-refractivity contribution in [3.63, 3.8) is 0 Å². The van der Waals surface area contributed by atoms with Crippen LogP contribution in [0, 0.1) is 0 Å². The molecular weight excluding hydrogens is 564 g/mol. The van der Waals surface area contributed by atoms with Gasteiger partial charge in [-0.1, -0.05) is 91.0 Å². The summed E-state index contributed by atoms with van der Waals surface area (Å²) in [7, 11) is 0. The number of aromatic nitrogens is 2. The van der Waals surface area contributed by atoms with Gasteiger partial charge in [-0.25, -0.2) is 0 Å². The van der Waals surface area contributed by atoms with Crippen molar-refractivity contribution in [2.75, 3.05) is 0 Å². The highest BCUT2D eigenvalue weighted by Gasteiger charge is 2.27. The van der Waals surface area contributed by atoms with Crippen molar-refractivity contribution in [3.05, 3.63) is 146 Å². The molecule has 0 radical (unpaired) electrons. The number of nitrogens with zero attached hydrogens (tertiary/aromatic N) is 2. The van der Waals surface area contributed by atoms with Gasteiger partial charge in [-0.15, -0.1) is 0 Å². The Morgan fingerprint density at radius 3 is 1.61 bits per heavy atom. The summed E-state index contributed by atoms with van der Waals surface area (Å²) in [6, 6.07) is 51.5. The van der Waals surface area contributed by atoms with E-state index in [2.05, 4.69) is 143 Å². The van der Waals surface area contributed by atoms with E-state index in [0.29, 0.717) is 0 Å². The van der Waals surface area contributed by atoms with Crippen LogP contribution in [0.2, 0.25) is 0 Å². The summed E-state index contributed by atoms with van der Waals surface area (Å²) >= 11 is 0. The van der Waals surface area contributed by atoms with Gasteiger partial charge in [-0.05, 0) is 54.6 Å². The van der Waals surface area contributed by atoms with Gasteiger partial charge in [0.15, 0.2) is 0 Å². The molecule has 0 unspecified atom stereocenters. The molecule has 4 aromatic heterocycles. The maximum absolute atomic E-state index is 6.89. The van der Waals surface area contributed by atoms with Crippen LogP contribution < -0.4 is 0 Å². The van der Waals surface area contributed by atoms with Crippen molar-refractivity contribution < 1.29 is 8.83 Å². The van der Waals surface area contributed by atoms with Crippen LogP contribution in [0.25, 0.3) is 98.9 Å². The molecule has 0 aliphatic carbocycles. The smallest absolute Gasteiger partial charge is 0.147 e. The van der Waals surface area contributed by atoms with E-state index < -0.39 is 0 Å². The third-order valence-corrected chi connectivity index (χ3v) is 9.68. The Morgan fingerprint density at radius 2 is 0.870 bits per heavy atom. The van der Waals surface area contributed by atoms with Gasteiger partial charge >= 0.3 is 0 Å². The average molecular weight is 589 g/mol. The Balaban J connectivity index is 1.45. The molecule has 0 saturated heterocycles. The Morgan fingerprint density at radius 1 is 0.348 bits per heavy atom. The number of para-hydroxylation sites is 5. The normalized spacial score (nSPS) is 12.3. The molecule has 4 heteroatoms. The molecule has 46 heavy (non-hydrogen) atoms. The molecule has 11 aromatic rings. The van der Waals surface area contributed by atoms with Crippen LogP contribution in [-0.2, 0) is 0 Å². The summed E-state index contributed by atoms with van der Waals surface area (Å²) < 4.78 is 18.0. The molecule has 0 amide bonds. The Kier molecular flexibility index (Phi) is 4.55. The predicted molar refractivity (Wildman–Crippen MR) is 190 cm³/mol. The lowest BCUT2D eigenvalue weighted by atomic mass is 10.0. The number of hydrogen-bond donors (Lipinski definition) is 0. The van der Waals surface area contributed by atoms with E-state index in [0.717, 1.165) is 82.7 Å². The summed E-state index contributed by atoms with van der Waals surface area (Å²) in [6.45, 7) is 0. The topological polar surface area (TPSA) is 36.1 Å². The minimum Gasteiger partial charge on any atom is -0.456 e. The fourth-order valence-corrected chi connectivity index (χ4v) is 7.85. The van der Waals surface area contributed by atoms with Gasteiger partial charge < -0.3 is 18.0 Å². The minimum absolute atomic E-state index is 0.885. The predicted octanol–water partition coefficient (Wildman–Crippen LogP) is 11.7. The first-order valence-corrected chi connectivity index (χ1v) is 15.6. The van der Waals surface area contributed by atoms with Crippen molar-refractivity contribution in [2.24, 2.45) is 0 Å². The molecule has 0 aliphatic heterocycles. The Hall–Kier alpha value is -6.26. The Bertz CT molecular complexity index is 3020. The highest BCUT2D eigenvalue weighted by molar-refractivity contribution is 6.39. The average Bonchev–Trinajstić information content (AvgIpc) is 3.85. The van der Waals surface area contributed by atoms with Gasteiger partial charge in [-0.3, -0.25) is 0 Å². The first kappa shape index (κ1) is 24.1. The fraction of sp³-hybridized carbons (Fsp3) is 0. The number of benzene rings is 7. The lowest BCUT2D eigenvalue weighted by Crippen LogP contribution is -1.96. The third-order valence-electron chi connectivity index (χ3n) is 9.68. The second-order valence-corrected chi connectivity index (χ2v) is 12.1. The van der Waals surface area contributed by atoms with E-state index in [-0.39, 0.29) is 0 Å². The van der Waals surface area contributed by atoms with Crippen LogP contribution in [0.5, 0.6) is 0 Å². The monoisotopic (exact) mass is 588 g/mol. The SMILES string of the molecule is c1ccc(-n2c3ccccc3c3c4oc5ccccc5c4c4c(c5ccccc5n4-c4ccc5oc6ccccc6c5c4)c32)cc1. The quantitative estimate of drug-likeness (QED) is 0.201. The standard InChI is InChI=1S/C42H24N2O2/c1-2-12-25(13-3-1)43-33-19-9-5-16-29(33)38-40(43)37-28-15-4-8-18-32(28)44(41(37)39-30-17-7-11-21-35(30)46-42(38)39)26-22-23-36-31(24-26)27-14-6-10-20-34(27)45-36/h1-24H. The largest absolute Gasteiger partial charge is 0.456 e. The van der Waals surface area contributed by atoms with Crippen molar-refractivity contribution >= 4 is 87.5 Å². The molecule has 214 valence electrons. The van der Waals surface area contributed by atoms with Gasteiger partial charge in [0.05, 0.1) is 32.8 Å². The van der Waals surface area contributed by atoms with Crippen LogP contribution in [0.3, 0.4) is 0 Å². The van der Waals surface area contributed by atoms with Gasteiger partial charge in [0.2, 0.25) is 0 Å². The zero-order valence-corrected chi connectivity index (χ0v) is 24.6.